The Kier molecular flexibility index (Phi) is 10.8. The van der Waals surface area contributed by atoms with Gasteiger partial charge in [-0.2, -0.15) is 0 Å². The van der Waals surface area contributed by atoms with E-state index in [-0.39, 0.29) is 24.9 Å². The third kappa shape index (κ3) is 7.52. The molecule has 1 aliphatic rings. The van der Waals surface area contributed by atoms with Crippen molar-refractivity contribution in [2.75, 3.05) is 63.8 Å². The fourth-order valence-corrected chi connectivity index (χ4v) is 4.95. The van der Waals surface area contributed by atoms with Crippen LogP contribution in [0.4, 0.5) is 10.1 Å². The van der Waals surface area contributed by atoms with E-state index in [9.17, 15) is 14.0 Å². The molecular weight excluding hydrogens is 541 g/mol. The first-order valence-electron chi connectivity index (χ1n) is 13.0. The van der Waals surface area contributed by atoms with Gasteiger partial charge in [0.1, 0.15) is 23.8 Å². The highest BCUT2D eigenvalue weighted by molar-refractivity contribution is 7.99. The number of nitrogens with zero attached hydrogens (tertiary/aromatic N) is 1. The first-order chi connectivity index (χ1) is 19.5. The van der Waals surface area contributed by atoms with Crippen molar-refractivity contribution in [3.63, 3.8) is 0 Å². The second-order valence-electron chi connectivity index (χ2n) is 9.17. The van der Waals surface area contributed by atoms with E-state index >= 15 is 0 Å². The Bertz CT molecular complexity index is 1300. The zero-order valence-electron chi connectivity index (χ0n) is 22.5. The minimum absolute atomic E-state index is 0.228. The van der Waals surface area contributed by atoms with E-state index in [1.54, 1.807) is 31.1 Å². The van der Waals surface area contributed by atoms with Crippen LogP contribution in [0.25, 0.3) is 22.3 Å². The maximum absolute atomic E-state index is 13.6. The standard InChI is InChI=1S/C28H34FN3O7S/c1-30-28(34)26-22-15-21(18-3-4-18)23(16-24(22)39-27(26)19-5-7-20(29)8-6-19)32(40-2)9-10-36-11-12-37-13-14-38-17-25(33)31-35/h5-8,15-16,18,35H,3-4,9-14,17H2,1-2H3,(H,30,34)(H,31,33). The van der Waals surface area contributed by atoms with E-state index in [2.05, 4.69) is 15.7 Å². The lowest BCUT2D eigenvalue weighted by molar-refractivity contribution is -0.134. The zero-order valence-corrected chi connectivity index (χ0v) is 23.4. The molecule has 3 N–H and O–H groups in total. The van der Waals surface area contributed by atoms with Gasteiger partial charge in [-0.25, -0.2) is 9.87 Å². The molecule has 0 aliphatic heterocycles. The molecule has 2 amide bonds. The smallest absolute Gasteiger partial charge is 0.269 e. The third-order valence-electron chi connectivity index (χ3n) is 6.44. The van der Waals surface area contributed by atoms with Crippen LogP contribution < -0.4 is 15.1 Å². The summed E-state index contributed by atoms with van der Waals surface area (Å²) in [5, 5.41) is 11.9. The topological polar surface area (TPSA) is 123 Å². The molecule has 10 nitrogen and oxygen atoms in total. The average Bonchev–Trinajstić information content (AvgIpc) is 3.75. The normalized spacial score (nSPS) is 13.0. The highest BCUT2D eigenvalue weighted by Crippen LogP contribution is 2.48. The minimum atomic E-state index is -0.613. The number of furan rings is 1. The molecule has 2 aromatic carbocycles. The van der Waals surface area contributed by atoms with Gasteiger partial charge in [0, 0.05) is 30.3 Å². The molecule has 1 aliphatic carbocycles. The van der Waals surface area contributed by atoms with Gasteiger partial charge in [0.05, 0.1) is 50.8 Å². The minimum Gasteiger partial charge on any atom is -0.455 e. The Labute approximate surface area is 236 Å². The maximum Gasteiger partial charge on any atom is 0.269 e. The van der Waals surface area contributed by atoms with Crippen molar-refractivity contribution < 1.29 is 37.8 Å². The molecule has 1 aromatic heterocycles. The van der Waals surface area contributed by atoms with E-state index in [0.29, 0.717) is 61.4 Å². The molecule has 0 radical (unpaired) electrons. The van der Waals surface area contributed by atoms with Crippen molar-refractivity contribution >= 4 is 40.4 Å². The van der Waals surface area contributed by atoms with Gasteiger partial charge < -0.3 is 28.2 Å². The summed E-state index contributed by atoms with van der Waals surface area (Å²) in [7, 11) is 1.58. The molecular formula is C28H34FN3O7S. The van der Waals surface area contributed by atoms with E-state index in [0.717, 1.165) is 29.5 Å². The number of carbonyl (C=O) groups is 2. The number of fused-ring (bicyclic) bond motifs is 1. The number of hydroxylamine groups is 1. The van der Waals surface area contributed by atoms with Crippen molar-refractivity contribution in [2.45, 2.75) is 18.8 Å². The molecule has 4 rings (SSSR count). The molecule has 216 valence electrons. The van der Waals surface area contributed by atoms with Gasteiger partial charge in [0.15, 0.2) is 0 Å². The summed E-state index contributed by atoms with van der Waals surface area (Å²) in [5.74, 6) is -0.405. The fourth-order valence-electron chi connectivity index (χ4n) is 4.34. The van der Waals surface area contributed by atoms with Gasteiger partial charge in [-0.1, -0.05) is 11.9 Å². The highest BCUT2D eigenvalue weighted by atomic mass is 32.2. The summed E-state index contributed by atoms with van der Waals surface area (Å²) in [6.45, 7) is 2.20. The number of nitrogens with one attached hydrogen (secondary N) is 2. The molecule has 0 saturated heterocycles. The number of hydrogen-bond acceptors (Lipinski definition) is 9. The lowest BCUT2D eigenvalue weighted by Crippen LogP contribution is -2.25. The van der Waals surface area contributed by atoms with Gasteiger partial charge in [-0.15, -0.1) is 0 Å². The summed E-state index contributed by atoms with van der Waals surface area (Å²) >= 11 is 1.58. The quantitative estimate of drug-likeness (QED) is 0.100. The van der Waals surface area contributed by atoms with E-state index in [4.69, 9.17) is 23.8 Å². The van der Waals surface area contributed by atoms with Crippen LogP contribution in [0.2, 0.25) is 0 Å². The molecule has 0 atom stereocenters. The Morgan fingerprint density at radius 1 is 1.07 bits per heavy atom. The second-order valence-corrected chi connectivity index (χ2v) is 9.98. The molecule has 1 heterocycles. The summed E-state index contributed by atoms with van der Waals surface area (Å²) in [4.78, 5) is 23.8. The number of ether oxygens (including phenoxy) is 3. The van der Waals surface area contributed by atoms with Crippen molar-refractivity contribution in [1.29, 1.82) is 0 Å². The number of halogens is 1. The van der Waals surface area contributed by atoms with Gasteiger partial charge >= 0.3 is 0 Å². The summed E-state index contributed by atoms with van der Waals surface area (Å²) in [5.41, 5.74) is 5.34. The summed E-state index contributed by atoms with van der Waals surface area (Å²) in [6, 6.07) is 9.97. The Morgan fingerprint density at radius 3 is 2.38 bits per heavy atom. The van der Waals surface area contributed by atoms with Crippen LogP contribution in [0.1, 0.15) is 34.7 Å². The molecule has 40 heavy (non-hydrogen) atoms. The van der Waals surface area contributed by atoms with E-state index in [1.165, 1.54) is 17.6 Å². The van der Waals surface area contributed by atoms with Crippen LogP contribution >= 0.6 is 11.9 Å². The number of hydrogen-bond donors (Lipinski definition) is 3. The van der Waals surface area contributed by atoms with Gasteiger partial charge in [0.25, 0.3) is 11.8 Å². The van der Waals surface area contributed by atoms with Gasteiger partial charge in [-0.05, 0) is 54.7 Å². The Hall–Kier alpha value is -3.16. The Morgan fingerprint density at radius 2 is 1.75 bits per heavy atom. The van der Waals surface area contributed by atoms with E-state index < -0.39 is 5.91 Å². The predicted molar refractivity (Wildman–Crippen MR) is 150 cm³/mol. The number of carbonyl (C=O) groups excluding carboxylic acids is 2. The molecule has 3 aromatic rings. The second kappa shape index (κ2) is 14.5. The Balaban J connectivity index is 1.43. The highest BCUT2D eigenvalue weighted by Gasteiger charge is 2.31. The van der Waals surface area contributed by atoms with E-state index in [1.807, 2.05) is 12.3 Å². The monoisotopic (exact) mass is 575 g/mol. The van der Waals surface area contributed by atoms with Crippen molar-refractivity contribution in [3.05, 3.63) is 53.3 Å². The predicted octanol–water partition coefficient (Wildman–Crippen LogP) is 4.12. The van der Waals surface area contributed by atoms with Crippen LogP contribution in [0.5, 0.6) is 0 Å². The number of amides is 2. The summed E-state index contributed by atoms with van der Waals surface area (Å²) < 4.78 is 38.2. The lowest BCUT2D eigenvalue weighted by atomic mass is 10.0. The maximum atomic E-state index is 13.6. The molecule has 0 bridgehead atoms. The van der Waals surface area contributed by atoms with Crippen LogP contribution in [0, 0.1) is 5.82 Å². The molecule has 0 spiro atoms. The van der Waals surface area contributed by atoms with Gasteiger partial charge in [0.2, 0.25) is 0 Å². The first kappa shape index (κ1) is 29.8. The SMILES string of the molecule is CNC(=O)c1c(-c2ccc(F)cc2)oc2cc(N(CCOCCOCCOCC(=O)NO)SC)c(C3CC3)cc12. The van der Waals surface area contributed by atoms with Crippen LogP contribution in [0.3, 0.4) is 0 Å². The van der Waals surface area contributed by atoms with Crippen molar-refractivity contribution in [1.82, 2.24) is 10.8 Å². The number of anilines is 1. The number of benzene rings is 2. The molecule has 1 saturated carbocycles. The lowest BCUT2D eigenvalue weighted by Gasteiger charge is -2.24. The fraction of sp³-hybridized carbons (Fsp3) is 0.429. The van der Waals surface area contributed by atoms with Crippen molar-refractivity contribution in [2.24, 2.45) is 0 Å². The largest absolute Gasteiger partial charge is 0.455 e. The third-order valence-corrected chi connectivity index (χ3v) is 7.26. The average molecular weight is 576 g/mol. The van der Waals surface area contributed by atoms with Crippen LogP contribution in [0.15, 0.2) is 40.8 Å². The van der Waals surface area contributed by atoms with Crippen molar-refractivity contribution in [3.8, 4) is 11.3 Å². The molecule has 1 fully saturated rings. The summed E-state index contributed by atoms with van der Waals surface area (Å²) in [6.07, 6.45) is 4.17. The first-order valence-corrected chi connectivity index (χ1v) is 14.2. The zero-order chi connectivity index (χ0) is 28.5. The number of rotatable bonds is 16. The van der Waals surface area contributed by atoms with Crippen LogP contribution in [-0.2, 0) is 19.0 Å². The van der Waals surface area contributed by atoms with Gasteiger partial charge in [-0.3, -0.25) is 14.8 Å². The van der Waals surface area contributed by atoms with Crippen LogP contribution in [-0.4, -0.2) is 76.5 Å². The molecule has 12 heteroatoms. The molecule has 0 unspecified atom stereocenters.